The van der Waals surface area contributed by atoms with Crippen molar-refractivity contribution in [2.24, 2.45) is 0 Å². The molecule has 1 N–H and O–H groups in total. The van der Waals surface area contributed by atoms with Crippen LogP contribution in [0.2, 0.25) is 0 Å². The Morgan fingerprint density at radius 3 is 2.32 bits per heavy atom. The Bertz CT molecular complexity index is 1330. The summed E-state index contributed by atoms with van der Waals surface area (Å²) in [5.41, 5.74) is 0.0493. The molecule has 0 saturated carbocycles. The zero-order valence-electron chi connectivity index (χ0n) is 21.9. The summed E-state index contributed by atoms with van der Waals surface area (Å²) in [5.74, 6) is -0.265. The van der Waals surface area contributed by atoms with Crippen molar-refractivity contribution in [3.63, 3.8) is 0 Å². The molecule has 0 bridgehead atoms. The van der Waals surface area contributed by atoms with Crippen molar-refractivity contribution in [3.8, 4) is 23.1 Å². The van der Waals surface area contributed by atoms with Crippen LogP contribution in [0.5, 0.6) is 17.4 Å². The summed E-state index contributed by atoms with van der Waals surface area (Å²) in [6.07, 6.45) is 1.98. The van der Waals surface area contributed by atoms with Crippen LogP contribution in [0.25, 0.3) is 5.69 Å². The minimum absolute atomic E-state index is 0.287. The number of hydrogen-bond donors (Lipinski definition) is 1. The van der Waals surface area contributed by atoms with Gasteiger partial charge in [0.2, 0.25) is 5.88 Å². The SMILES string of the molecule is CCCCc1nc(=O)c(C(=O)N2CCN(Cc3cccc(F)c3)CC2)c(O)n1-c1c(OC)cccc1OC. The van der Waals surface area contributed by atoms with E-state index in [0.29, 0.717) is 62.2 Å². The van der Waals surface area contributed by atoms with Crippen LogP contribution in [0.3, 0.4) is 0 Å². The fourth-order valence-corrected chi connectivity index (χ4v) is 4.69. The number of rotatable bonds is 9. The molecule has 3 aromatic rings. The fourth-order valence-electron chi connectivity index (χ4n) is 4.69. The molecule has 1 aliphatic rings. The van der Waals surface area contributed by atoms with E-state index in [0.717, 1.165) is 18.4 Å². The molecule has 1 aliphatic heterocycles. The van der Waals surface area contributed by atoms with Crippen molar-refractivity contribution in [1.82, 2.24) is 19.4 Å². The third-order valence-corrected chi connectivity index (χ3v) is 6.69. The first-order chi connectivity index (χ1) is 18.4. The second-order valence-electron chi connectivity index (χ2n) is 9.18. The number of unbranched alkanes of at least 4 members (excludes halogenated alkanes) is 1. The van der Waals surface area contributed by atoms with Gasteiger partial charge in [0.1, 0.15) is 28.8 Å². The number of amides is 1. The zero-order chi connectivity index (χ0) is 27.2. The maximum absolute atomic E-state index is 13.6. The lowest BCUT2D eigenvalue weighted by molar-refractivity contribution is 0.0622. The molecule has 202 valence electrons. The van der Waals surface area contributed by atoms with Crippen LogP contribution in [-0.2, 0) is 13.0 Å². The molecular formula is C28H33FN4O5. The Labute approximate surface area is 221 Å². The van der Waals surface area contributed by atoms with Gasteiger partial charge in [-0.2, -0.15) is 4.98 Å². The number of ether oxygens (including phenoxy) is 2. The lowest BCUT2D eigenvalue weighted by Gasteiger charge is -2.34. The number of hydrogen-bond acceptors (Lipinski definition) is 7. The van der Waals surface area contributed by atoms with Gasteiger partial charge in [-0.15, -0.1) is 0 Å². The number of methoxy groups -OCH3 is 2. The second kappa shape index (κ2) is 12.1. The van der Waals surface area contributed by atoms with Crippen LogP contribution in [0.1, 0.15) is 41.5 Å². The highest BCUT2D eigenvalue weighted by atomic mass is 19.1. The van der Waals surface area contributed by atoms with Gasteiger partial charge in [-0.05, 0) is 36.2 Å². The molecule has 2 aromatic carbocycles. The first-order valence-electron chi connectivity index (χ1n) is 12.7. The van der Waals surface area contributed by atoms with Gasteiger partial charge in [-0.25, -0.2) is 4.39 Å². The quantitative estimate of drug-likeness (QED) is 0.458. The molecule has 38 heavy (non-hydrogen) atoms. The van der Waals surface area contributed by atoms with Crippen LogP contribution in [-0.4, -0.2) is 70.8 Å². The van der Waals surface area contributed by atoms with Crippen LogP contribution in [0.15, 0.2) is 47.3 Å². The number of carbonyl (C=O) groups is 1. The molecular weight excluding hydrogens is 491 g/mol. The topological polar surface area (TPSA) is 97.1 Å². The lowest BCUT2D eigenvalue weighted by atomic mass is 10.1. The highest BCUT2D eigenvalue weighted by Crippen LogP contribution is 2.36. The largest absolute Gasteiger partial charge is 0.494 e. The van der Waals surface area contributed by atoms with Gasteiger partial charge in [0.25, 0.3) is 11.5 Å². The number of aromatic nitrogens is 2. The first-order valence-corrected chi connectivity index (χ1v) is 12.7. The standard InChI is InChI=1S/C28H33FN4O5/c1-4-5-12-23-30-26(34)24(28(36)33(23)25-21(37-2)10-7-11-22(25)38-3)27(35)32-15-13-31(14-16-32)18-19-8-6-9-20(29)17-19/h6-11,17,36H,4-5,12-16,18H2,1-3H3. The summed E-state index contributed by atoms with van der Waals surface area (Å²) < 4.78 is 26.0. The van der Waals surface area contributed by atoms with E-state index in [4.69, 9.17) is 9.47 Å². The van der Waals surface area contributed by atoms with E-state index in [1.165, 1.54) is 35.8 Å². The van der Waals surface area contributed by atoms with Crippen molar-refractivity contribution in [3.05, 3.63) is 75.6 Å². The van der Waals surface area contributed by atoms with E-state index >= 15 is 0 Å². The monoisotopic (exact) mass is 524 g/mol. The van der Waals surface area contributed by atoms with Gasteiger partial charge < -0.3 is 19.5 Å². The smallest absolute Gasteiger partial charge is 0.289 e. The molecule has 0 spiro atoms. The third-order valence-electron chi connectivity index (χ3n) is 6.69. The second-order valence-corrected chi connectivity index (χ2v) is 9.18. The number of carbonyl (C=O) groups excluding carboxylic acids is 1. The Balaban J connectivity index is 1.66. The molecule has 10 heteroatoms. The summed E-state index contributed by atoms with van der Waals surface area (Å²) in [4.78, 5) is 34.5. The first kappa shape index (κ1) is 27.1. The lowest BCUT2D eigenvalue weighted by Crippen LogP contribution is -2.49. The summed E-state index contributed by atoms with van der Waals surface area (Å²) in [6, 6.07) is 11.6. The van der Waals surface area contributed by atoms with E-state index in [-0.39, 0.29) is 5.82 Å². The van der Waals surface area contributed by atoms with Gasteiger partial charge in [0.05, 0.1) is 14.2 Å². The molecule has 9 nitrogen and oxygen atoms in total. The third kappa shape index (κ3) is 5.65. The molecule has 0 unspecified atom stereocenters. The molecule has 1 aromatic heterocycles. The minimum Gasteiger partial charge on any atom is -0.494 e. The average Bonchev–Trinajstić information content (AvgIpc) is 2.91. The van der Waals surface area contributed by atoms with E-state index in [1.54, 1.807) is 24.3 Å². The number of halogens is 1. The average molecular weight is 525 g/mol. The summed E-state index contributed by atoms with van der Waals surface area (Å²) in [7, 11) is 2.98. The van der Waals surface area contributed by atoms with Crippen molar-refractivity contribution in [2.45, 2.75) is 32.7 Å². The Morgan fingerprint density at radius 1 is 1.05 bits per heavy atom. The van der Waals surface area contributed by atoms with E-state index in [9.17, 15) is 19.1 Å². The van der Waals surface area contributed by atoms with Gasteiger partial charge in [-0.1, -0.05) is 31.5 Å². The fraction of sp³-hybridized carbons (Fsp3) is 0.393. The van der Waals surface area contributed by atoms with E-state index in [2.05, 4.69) is 9.88 Å². The predicted octanol–water partition coefficient (Wildman–Crippen LogP) is 3.40. The summed E-state index contributed by atoms with van der Waals surface area (Å²) >= 11 is 0. The normalized spacial score (nSPS) is 13.9. The van der Waals surface area contributed by atoms with E-state index in [1.807, 2.05) is 13.0 Å². The summed E-state index contributed by atoms with van der Waals surface area (Å²) in [6.45, 7) is 4.35. The number of nitrogens with zero attached hydrogens (tertiary/aromatic N) is 4. The van der Waals surface area contributed by atoms with Crippen molar-refractivity contribution in [2.75, 3.05) is 40.4 Å². The molecule has 1 amide bonds. The zero-order valence-corrected chi connectivity index (χ0v) is 21.9. The Kier molecular flexibility index (Phi) is 8.62. The van der Waals surface area contributed by atoms with Gasteiger partial charge in [-0.3, -0.25) is 19.1 Å². The molecule has 0 radical (unpaired) electrons. The maximum Gasteiger partial charge on any atom is 0.289 e. The van der Waals surface area contributed by atoms with Gasteiger partial charge >= 0.3 is 0 Å². The number of aromatic hydroxyl groups is 1. The predicted molar refractivity (Wildman–Crippen MR) is 141 cm³/mol. The molecule has 2 heterocycles. The minimum atomic E-state index is -0.772. The summed E-state index contributed by atoms with van der Waals surface area (Å²) in [5, 5.41) is 11.4. The van der Waals surface area contributed by atoms with Crippen LogP contribution in [0, 0.1) is 5.82 Å². The molecule has 1 saturated heterocycles. The highest BCUT2D eigenvalue weighted by Gasteiger charge is 2.31. The van der Waals surface area contributed by atoms with Crippen LogP contribution >= 0.6 is 0 Å². The highest BCUT2D eigenvalue weighted by molar-refractivity contribution is 5.96. The van der Waals surface area contributed by atoms with Gasteiger partial charge in [0.15, 0.2) is 5.56 Å². The maximum atomic E-state index is 13.6. The molecule has 0 atom stereocenters. The van der Waals surface area contributed by atoms with E-state index < -0.39 is 22.9 Å². The number of para-hydroxylation sites is 1. The molecule has 4 rings (SSSR count). The van der Waals surface area contributed by atoms with Crippen molar-refractivity contribution < 1.29 is 23.8 Å². The molecule has 0 aliphatic carbocycles. The van der Waals surface area contributed by atoms with Crippen molar-refractivity contribution >= 4 is 5.91 Å². The Morgan fingerprint density at radius 2 is 1.71 bits per heavy atom. The van der Waals surface area contributed by atoms with Gasteiger partial charge in [0, 0.05) is 39.1 Å². The molecule has 1 fully saturated rings. The van der Waals surface area contributed by atoms with Crippen LogP contribution < -0.4 is 15.0 Å². The number of benzene rings is 2. The Hall–Kier alpha value is -3.92. The van der Waals surface area contributed by atoms with Crippen molar-refractivity contribution in [1.29, 1.82) is 0 Å². The van der Waals surface area contributed by atoms with Crippen LogP contribution in [0.4, 0.5) is 4.39 Å². The number of piperazine rings is 1. The number of aryl methyl sites for hydroxylation is 1.